The smallest absolute Gasteiger partial charge is 0.338 e. The third kappa shape index (κ3) is 4.22. The third-order valence-corrected chi connectivity index (χ3v) is 4.86. The van der Waals surface area contributed by atoms with Crippen LogP contribution < -0.4 is 19.1 Å². The fourth-order valence-electron chi connectivity index (χ4n) is 3.30. The molecule has 1 aromatic carbocycles. The van der Waals surface area contributed by atoms with E-state index in [-0.39, 0.29) is 18.1 Å². The average Bonchev–Trinajstić information content (AvgIpc) is 2.82. The molecular formula is C20H22N4O6. The molecule has 10 heteroatoms. The second kappa shape index (κ2) is 8.85. The Morgan fingerprint density at radius 1 is 1.07 bits per heavy atom. The van der Waals surface area contributed by atoms with E-state index in [9.17, 15) is 9.59 Å². The average molecular weight is 414 g/mol. The zero-order chi connectivity index (χ0) is 20.9. The van der Waals surface area contributed by atoms with Crippen molar-refractivity contribution in [2.45, 2.75) is 0 Å². The highest BCUT2D eigenvalue weighted by Crippen LogP contribution is 2.40. The Hall–Kier alpha value is -3.56. The molecule has 0 unspecified atom stereocenters. The first-order valence-electron chi connectivity index (χ1n) is 9.60. The minimum absolute atomic E-state index is 0.231. The number of fused-ring (bicyclic) bond motifs is 1. The first-order valence-corrected chi connectivity index (χ1v) is 9.60. The third-order valence-electron chi connectivity index (χ3n) is 4.86. The van der Waals surface area contributed by atoms with Gasteiger partial charge in [-0.25, -0.2) is 14.8 Å². The summed E-state index contributed by atoms with van der Waals surface area (Å²) < 4.78 is 21.5. The van der Waals surface area contributed by atoms with Gasteiger partial charge in [0.1, 0.15) is 13.2 Å². The lowest BCUT2D eigenvalue weighted by Crippen LogP contribution is -2.50. The quantitative estimate of drug-likeness (QED) is 0.656. The predicted octanol–water partition coefficient (Wildman–Crippen LogP) is 0.762. The minimum atomic E-state index is -0.630. The Morgan fingerprint density at radius 2 is 1.80 bits per heavy atom. The topological polar surface area (TPSA) is 103 Å². The molecule has 10 nitrogen and oxygen atoms in total. The van der Waals surface area contributed by atoms with E-state index in [1.807, 2.05) is 4.90 Å². The highest BCUT2D eigenvalue weighted by Gasteiger charge is 2.25. The number of methoxy groups -OCH3 is 1. The highest BCUT2D eigenvalue weighted by atomic mass is 16.6. The maximum atomic E-state index is 12.5. The van der Waals surface area contributed by atoms with Crippen molar-refractivity contribution in [3.8, 4) is 17.2 Å². The summed E-state index contributed by atoms with van der Waals surface area (Å²) in [4.78, 5) is 37.0. The molecule has 2 aliphatic rings. The Bertz CT molecular complexity index is 898. The van der Waals surface area contributed by atoms with E-state index in [4.69, 9.17) is 18.9 Å². The van der Waals surface area contributed by atoms with Gasteiger partial charge in [0.2, 0.25) is 11.7 Å². The number of esters is 1. The van der Waals surface area contributed by atoms with Gasteiger partial charge in [-0.3, -0.25) is 4.79 Å². The zero-order valence-corrected chi connectivity index (χ0v) is 16.6. The molecule has 1 aromatic heterocycles. The number of amides is 1. The first-order chi connectivity index (χ1) is 14.7. The van der Waals surface area contributed by atoms with E-state index in [2.05, 4.69) is 9.97 Å². The molecule has 1 fully saturated rings. The SMILES string of the molecule is COc1cc(C(=O)OCC(=O)N2CCN(c3ncccn3)CC2)cc2c1OCCO2. The summed E-state index contributed by atoms with van der Waals surface area (Å²) in [6.07, 6.45) is 3.37. The molecule has 0 radical (unpaired) electrons. The van der Waals surface area contributed by atoms with E-state index in [0.717, 1.165) is 0 Å². The normalized spacial score (nSPS) is 15.5. The fourth-order valence-corrected chi connectivity index (χ4v) is 3.30. The highest BCUT2D eigenvalue weighted by molar-refractivity contribution is 5.93. The van der Waals surface area contributed by atoms with Gasteiger partial charge in [-0.05, 0) is 18.2 Å². The summed E-state index contributed by atoms with van der Waals surface area (Å²) in [6.45, 7) is 2.70. The van der Waals surface area contributed by atoms with Crippen LogP contribution in [0, 0.1) is 0 Å². The number of benzene rings is 1. The summed E-state index contributed by atoms with van der Waals surface area (Å²) in [5, 5.41) is 0. The van der Waals surface area contributed by atoms with E-state index in [0.29, 0.717) is 62.6 Å². The molecule has 2 aromatic rings. The van der Waals surface area contributed by atoms with Crippen LogP contribution in [0.1, 0.15) is 10.4 Å². The second-order valence-electron chi connectivity index (χ2n) is 6.70. The standard InChI is InChI=1S/C20H22N4O6/c1-27-15-11-14(12-16-18(15)29-10-9-28-16)19(26)30-13-17(25)23-5-7-24(8-6-23)20-21-3-2-4-22-20/h2-4,11-12H,5-10,13H2,1H3. The number of hydrogen-bond acceptors (Lipinski definition) is 9. The molecule has 0 atom stereocenters. The molecular weight excluding hydrogens is 392 g/mol. The first kappa shape index (κ1) is 19.7. The van der Waals surface area contributed by atoms with Crippen molar-refractivity contribution >= 4 is 17.8 Å². The predicted molar refractivity (Wildman–Crippen MR) is 105 cm³/mol. The number of ether oxygens (including phenoxy) is 4. The van der Waals surface area contributed by atoms with Gasteiger partial charge < -0.3 is 28.7 Å². The lowest BCUT2D eigenvalue weighted by atomic mass is 10.1. The van der Waals surface area contributed by atoms with Crippen molar-refractivity contribution in [1.82, 2.24) is 14.9 Å². The summed E-state index contributed by atoms with van der Waals surface area (Å²) in [5.41, 5.74) is 0.231. The van der Waals surface area contributed by atoms with E-state index in [1.165, 1.54) is 19.2 Å². The molecule has 158 valence electrons. The molecule has 0 spiro atoms. The number of piperazine rings is 1. The molecule has 0 saturated carbocycles. The van der Waals surface area contributed by atoms with Crippen molar-refractivity contribution in [3.05, 3.63) is 36.2 Å². The fraction of sp³-hybridized carbons (Fsp3) is 0.400. The van der Waals surface area contributed by atoms with Gasteiger partial charge in [0.15, 0.2) is 18.1 Å². The van der Waals surface area contributed by atoms with E-state index >= 15 is 0 Å². The van der Waals surface area contributed by atoms with Gasteiger partial charge in [0, 0.05) is 38.6 Å². The van der Waals surface area contributed by atoms with Crippen LogP contribution in [0.5, 0.6) is 17.2 Å². The van der Waals surface area contributed by atoms with Gasteiger partial charge >= 0.3 is 5.97 Å². The molecule has 1 amide bonds. The Labute approximate surface area is 173 Å². The van der Waals surface area contributed by atoms with Crippen molar-refractivity contribution in [2.24, 2.45) is 0 Å². The summed E-state index contributed by atoms with van der Waals surface area (Å²) >= 11 is 0. The van der Waals surface area contributed by atoms with Crippen LogP contribution >= 0.6 is 0 Å². The van der Waals surface area contributed by atoms with Crippen LogP contribution in [0.25, 0.3) is 0 Å². The molecule has 0 aliphatic carbocycles. The van der Waals surface area contributed by atoms with Gasteiger partial charge in [0.25, 0.3) is 5.91 Å². The van der Waals surface area contributed by atoms with Crippen LogP contribution in [0.4, 0.5) is 5.95 Å². The van der Waals surface area contributed by atoms with Crippen molar-refractivity contribution < 1.29 is 28.5 Å². The number of anilines is 1. The monoisotopic (exact) mass is 414 g/mol. The van der Waals surface area contributed by atoms with Gasteiger partial charge in [-0.1, -0.05) is 0 Å². The van der Waals surface area contributed by atoms with Gasteiger partial charge in [0.05, 0.1) is 12.7 Å². The molecule has 2 aliphatic heterocycles. The lowest BCUT2D eigenvalue weighted by molar-refractivity contribution is -0.134. The number of rotatable bonds is 5. The molecule has 4 rings (SSSR count). The Morgan fingerprint density at radius 3 is 2.53 bits per heavy atom. The van der Waals surface area contributed by atoms with Crippen molar-refractivity contribution in [2.75, 3.05) is 58.0 Å². The Balaban J connectivity index is 1.32. The second-order valence-corrected chi connectivity index (χ2v) is 6.70. The number of aromatic nitrogens is 2. The number of nitrogens with zero attached hydrogens (tertiary/aromatic N) is 4. The number of carbonyl (C=O) groups is 2. The molecule has 3 heterocycles. The van der Waals surface area contributed by atoms with Crippen LogP contribution in [0.2, 0.25) is 0 Å². The molecule has 0 N–H and O–H groups in total. The maximum absolute atomic E-state index is 12.5. The van der Waals surface area contributed by atoms with E-state index in [1.54, 1.807) is 23.4 Å². The minimum Gasteiger partial charge on any atom is -0.493 e. The van der Waals surface area contributed by atoms with Gasteiger partial charge in [-0.2, -0.15) is 0 Å². The zero-order valence-electron chi connectivity index (χ0n) is 16.6. The summed E-state index contributed by atoms with van der Waals surface area (Å²) in [5.74, 6) is 1.01. The van der Waals surface area contributed by atoms with E-state index < -0.39 is 5.97 Å². The van der Waals surface area contributed by atoms with Crippen LogP contribution in [-0.2, 0) is 9.53 Å². The van der Waals surface area contributed by atoms with Crippen molar-refractivity contribution in [1.29, 1.82) is 0 Å². The van der Waals surface area contributed by atoms with Crippen LogP contribution in [0.15, 0.2) is 30.6 Å². The lowest BCUT2D eigenvalue weighted by Gasteiger charge is -2.34. The Kier molecular flexibility index (Phi) is 5.82. The van der Waals surface area contributed by atoms with Crippen LogP contribution in [0.3, 0.4) is 0 Å². The number of carbonyl (C=O) groups excluding carboxylic acids is 2. The van der Waals surface area contributed by atoms with Gasteiger partial charge in [-0.15, -0.1) is 0 Å². The largest absolute Gasteiger partial charge is 0.493 e. The molecule has 0 bridgehead atoms. The van der Waals surface area contributed by atoms with Crippen molar-refractivity contribution in [3.63, 3.8) is 0 Å². The number of hydrogen-bond donors (Lipinski definition) is 0. The van der Waals surface area contributed by atoms with Crippen LogP contribution in [-0.4, -0.2) is 79.9 Å². The summed E-state index contributed by atoms with van der Waals surface area (Å²) in [6, 6.07) is 4.80. The summed E-state index contributed by atoms with van der Waals surface area (Å²) in [7, 11) is 1.48. The molecule has 30 heavy (non-hydrogen) atoms. The molecule has 1 saturated heterocycles. The maximum Gasteiger partial charge on any atom is 0.338 e.